The number of hydrogen-bond donors (Lipinski definition) is 0. The molecule has 0 N–H and O–H groups in total. The van der Waals surface area contributed by atoms with Crippen LogP contribution >= 0.6 is 0 Å². The number of alkyl halides is 3. The monoisotopic (exact) mass is 272 g/mol. The van der Waals surface area contributed by atoms with Gasteiger partial charge in [0.05, 0.1) is 5.56 Å². The highest BCUT2D eigenvalue weighted by atomic mass is 19.4. The van der Waals surface area contributed by atoms with E-state index in [1.807, 2.05) is 6.92 Å². The molecule has 0 spiro atoms. The molecule has 0 bridgehead atoms. The highest BCUT2D eigenvalue weighted by Crippen LogP contribution is 2.29. The van der Waals surface area contributed by atoms with Crippen LogP contribution in [0.15, 0.2) is 24.3 Å². The quantitative estimate of drug-likeness (QED) is 0.692. The van der Waals surface area contributed by atoms with E-state index in [0.717, 1.165) is 18.6 Å². The normalized spacial score (nSPS) is 13.6. The second-order valence-electron chi connectivity index (χ2n) is 5.44. The standard InChI is InChI=1S/C15H19F3O/c1-10(2)8-11(3)9-14(19)12-4-6-13(7-5-12)15(16,17)18/h4-7,10-11H,8-9H2,1-3H3. The molecule has 1 unspecified atom stereocenters. The van der Waals surface area contributed by atoms with Gasteiger partial charge in [-0.25, -0.2) is 0 Å². The molecule has 1 aromatic carbocycles. The fraction of sp³-hybridized carbons (Fsp3) is 0.533. The molecule has 0 saturated heterocycles. The Morgan fingerprint density at radius 2 is 1.63 bits per heavy atom. The topological polar surface area (TPSA) is 17.1 Å². The SMILES string of the molecule is CC(C)CC(C)CC(=O)c1ccc(C(F)(F)F)cc1. The zero-order valence-electron chi connectivity index (χ0n) is 11.4. The summed E-state index contributed by atoms with van der Waals surface area (Å²) >= 11 is 0. The lowest BCUT2D eigenvalue weighted by Gasteiger charge is -2.13. The first kappa shape index (κ1) is 15.7. The van der Waals surface area contributed by atoms with Crippen LogP contribution in [0.25, 0.3) is 0 Å². The minimum absolute atomic E-state index is 0.0955. The van der Waals surface area contributed by atoms with Gasteiger partial charge < -0.3 is 0 Å². The molecule has 4 heteroatoms. The molecular weight excluding hydrogens is 253 g/mol. The summed E-state index contributed by atoms with van der Waals surface area (Å²) in [5.74, 6) is 0.659. The van der Waals surface area contributed by atoms with Crippen molar-refractivity contribution in [1.29, 1.82) is 0 Å². The summed E-state index contributed by atoms with van der Waals surface area (Å²) in [5, 5.41) is 0. The number of carbonyl (C=O) groups is 1. The van der Waals surface area contributed by atoms with Crippen molar-refractivity contribution in [2.45, 2.75) is 39.8 Å². The summed E-state index contributed by atoms with van der Waals surface area (Å²) in [6.45, 7) is 6.15. The molecule has 0 fully saturated rings. The predicted molar refractivity (Wildman–Crippen MR) is 69.0 cm³/mol. The first-order valence-corrected chi connectivity index (χ1v) is 6.40. The predicted octanol–water partition coefficient (Wildman–Crippen LogP) is 4.96. The van der Waals surface area contributed by atoms with E-state index in [2.05, 4.69) is 13.8 Å². The van der Waals surface area contributed by atoms with E-state index in [1.165, 1.54) is 12.1 Å². The lowest BCUT2D eigenvalue weighted by Crippen LogP contribution is -2.09. The molecule has 1 aromatic rings. The Morgan fingerprint density at radius 3 is 2.05 bits per heavy atom. The molecule has 106 valence electrons. The first-order valence-electron chi connectivity index (χ1n) is 6.40. The molecule has 1 rings (SSSR count). The summed E-state index contributed by atoms with van der Waals surface area (Å²) < 4.78 is 37.2. The van der Waals surface area contributed by atoms with E-state index in [0.29, 0.717) is 17.9 Å². The summed E-state index contributed by atoms with van der Waals surface area (Å²) in [4.78, 5) is 11.9. The van der Waals surface area contributed by atoms with Crippen LogP contribution in [0.1, 0.15) is 49.5 Å². The Kier molecular flexibility index (Phi) is 5.15. The highest BCUT2D eigenvalue weighted by Gasteiger charge is 2.30. The van der Waals surface area contributed by atoms with E-state index in [4.69, 9.17) is 0 Å². The van der Waals surface area contributed by atoms with Crippen LogP contribution in [0.4, 0.5) is 13.2 Å². The molecule has 1 nitrogen and oxygen atoms in total. The molecule has 0 aliphatic heterocycles. The van der Waals surface area contributed by atoms with Crippen LogP contribution in [-0.2, 0) is 6.18 Å². The zero-order valence-corrected chi connectivity index (χ0v) is 11.4. The smallest absolute Gasteiger partial charge is 0.294 e. The van der Waals surface area contributed by atoms with Gasteiger partial charge >= 0.3 is 6.18 Å². The molecule has 0 radical (unpaired) electrons. The van der Waals surface area contributed by atoms with Crippen molar-refractivity contribution in [2.24, 2.45) is 11.8 Å². The van der Waals surface area contributed by atoms with Gasteiger partial charge in [0.25, 0.3) is 0 Å². The number of rotatable bonds is 5. The molecular formula is C15H19F3O. The zero-order chi connectivity index (χ0) is 14.6. The molecule has 0 amide bonds. The Hall–Kier alpha value is -1.32. The summed E-state index contributed by atoms with van der Waals surface area (Å²) in [6.07, 6.45) is -3.04. The molecule has 0 aromatic heterocycles. The van der Waals surface area contributed by atoms with Gasteiger partial charge in [-0.15, -0.1) is 0 Å². The van der Waals surface area contributed by atoms with E-state index >= 15 is 0 Å². The Morgan fingerprint density at radius 1 is 1.11 bits per heavy atom. The van der Waals surface area contributed by atoms with Gasteiger partial charge in [0.1, 0.15) is 0 Å². The van der Waals surface area contributed by atoms with Crippen LogP contribution in [0.3, 0.4) is 0 Å². The first-order chi connectivity index (χ1) is 8.70. The van der Waals surface area contributed by atoms with Crippen LogP contribution in [0, 0.1) is 11.8 Å². The van der Waals surface area contributed by atoms with Crippen LogP contribution in [-0.4, -0.2) is 5.78 Å². The minimum atomic E-state index is -4.35. The van der Waals surface area contributed by atoms with Crippen molar-refractivity contribution in [1.82, 2.24) is 0 Å². The van der Waals surface area contributed by atoms with Crippen molar-refractivity contribution in [3.05, 3.63) is 35.4 Å². The lowest BCUT2D eigenvalue weighted by molar-refractivity contribution is -0.137. The molecule has 0 aliphatic carbocycles. The van der Waals surface area contributed by atoms with Crippen molar-refractivity contribution >= 4 is 5.78 Å². The van der Waals surface area contributed by atoms with E-state index in [-0.39, 0.29) is 11.7 Å². The molecule has 0 saturated carbocycles. The number of hydrogen-bond acceptors (Lipinski definition) is 1. The maximum atomic E-state index is 12.4. The van der Waals surface area contributed by atoms with Crippen molar-refractivity contribution in [2.75, 3.05) is 0 Å². The fourth-order valence-corrected chi connectivity index (χ4v) is 2.17. The van der Waals surface area contributed by atoms with Crippen LogP contribution in [0.5, 0.6) is 0 Å². The Bertz CT molecular complexity index is 418. The Labute approximate surface area is 111 Å². The number of Topliss-reactive ketones (excluding diaryl/α,β-unsaturated/α-hetero) is 1. The van der Waals surface area contributed by atoms with Gasteiger partial charge in [-0.05, 0) is 30.4 Å². The van der Waals surface area contributed by atoms with Crippen LogP contribution in [0.2, 0.25) is 0 Å². The van der Waals surface area contributed by atoms with E-state index < -0.39 is 11.7 Å². The summed E-state index contributed by atoms with van der Waals surface area (Å²) in [7, 11) is 0. The molecule has 0 aliphatic rings. The van der Waals surface area contributed by atoms with Gasteiger partial charge in [-0.3, -0.25) is 4.79 Å². The van der Waals surface area contributed by atoms with Gasteiger partial charge in [-0.2, -0.15) is 13.2 Å². The van der Waals surface area contributed by atoms with E-state index in [9.17, 15) is 18.0 Å². The molecule has 19 heavy (non-hydrogen) atoms. The second kappa shape index (κ2) is 6.22. The number of benzene rings is 1. The van der Waals surface area contributed by atoms with Crippen LogP contribution < -0.4 is 0 Å². The Balaban J connectivity index is 2.68. The third kappa shape index (κ3) is 5.05. The highest BCUT2D eigenvalue weighted by molar-refractivity contribution is 5.96. The maximum absolute atomic E-state index is 12.4. The average molecular weight is 272 g/mol. The largest absolute Gasteiger partial charge is 0.416 e. The third-order valence-corrected chi connectivity index (χ3v) is 2.94. The number of ketones is 1. The fourth-order valence-electron chi connectivity index (χ4n) is 2.17. The van der Waals surface area contributed by atoms with Gasteiger partial charge in [-0.1, -0.05) is 32.9 Å². The van der Waals surface area contributed by atoms with E-state index in [1.54, 1.807) is 0 Å². The van der Waals surface area contributed by atoms with Crippen molar-refractivity contribution in [3.8, 4) is 0 Å². The summed E-state index contributed by atoms with van der Waals surface area (Å²) in [5.41, 5.74) is -0.372. The molecule has 1 atom stereocenters. The minimum Gasteiger partial charge on any atom is -0.294 e. The lowest BCUT2D eigenvalue weighted by atomic mass is 9.92. The second-order valence-corrected chi connectivity index (χ2v) is 5.44. The average Bonchev–Trinajstić information content (AvgIpc) is 2.26. The van der Waals surface area contributed by atoms with Gasteiger partial charge in [0.2, 0.25) is 0 Å². The number of halogens is 3. The van der Waals surface area contributed by atoms with Gasteiger partial charge in [0.15, 0.2) is 5.78 Å². The van der Waals surface area contributed by atoms with Crippen molar-refractivity contribution < 1.29 is 18.0 Å². The maximum Gasteiger partial charge on any atom is 0.416 e. The summed E-state index contributed by atoms with van der Waals surface area (Å²) in [6, 6.07) is 4.43. The number of carbonyl (C=O) groups excluding carboxylic acids is 1. The third-order valence-electron chi connectivity index (χ3n) is 2.94. The molecule has 0 heterocycles. The van der Waals surface area contributed by atoms with Gasteiger partial charge in [0, 0.05) is 12.0 Å². The van der Waals surface area contributed by atoms with Crippen molar-refractivity contribution in [3.63, 3.8) is 0 Å².